The molecule has 0 saturated heterocycles. The number of rotatable bonds is 9. The maximum absolute atomic E-state index is 13.1. The Kier molecular flexibility index (Phi) is 11.9. The van der Waals surface area contributed by atoms with Gasteiger partial charge in [-0.15, -0.1) is 0 Å². The first-order chi connectivity index (χ1) is 15.8. The molecule has 0 fully saturated rings. The summed E-state index contributed by atoms with van der Waals surface area (Å²) >= 11 is 0. The summed E-state index contributed by atoms with van der Waals surface area (Å²) in [6, 6.07) is 0. The molecule has 1 aliphatic carbocycles. The molecule has 0 aliphatic heterocycles. The van der Waals surface area contributed by atoms with Crippen LogP contribution in [0.1, 0.15) is 74.7 Å². The Morgan fingerprint density at radius 3 is 2.35 bits per heavy atom. The second-order valence-corrected chi connectivity index (χ2v) is 10.2. The Morgan fingerprint density at radius 1 is 1.15 bits per heavy atom. The van der Waals surface area contributed by atoms with Gasteiger partial charge in [0.1, 0.15) is 5.60 Å². The van der Waals surface area contributed by atoms with Gasteiger partial charge in [0.25, 0.3) is 0 Å². The number of ether oxygens (including phenoxy) is 1. The minimum absolute atomic E-state index is 0.130. The van der Waals surface area contributed by atoms with Gasteiger partial charge in [-0.3, -0.25) is 9.69 Å². The van der Waals surface area contributed by atoms with Gasteiger partial charge in [0.05, 0.1) is 0 Å². The Morgan fingerprint density at radius 2 is 1.79 bits per heavy atom. The molecule has 0 spiro atoms. The molecule has 0 amide bonds. The predicted molar refractivity (Wildman–Crippen MR) is 140 cm³/mol. The van der Waals surface area contributed by atoms with E-state index in [1.54, 1.807) is 13.0 Å². The lowest BCUT2D eigenvalue weighted by molar-refractivity contribution is -0.148. The van der Waals surface area contributed by atoms with Crippen LogP contribution in [-0.4, -0.2) is 53.1 Å². The van der Waals surface area contributed by atoms with Crippen molar-refractivity contribution in [1.82, 2.24) is 4.90 Å². The van der Waals surface area contributed by atoms with Gasteiger partial charge in [-0.1, -0.05) is 50.1 Å². The van der Waals surface area contributed by atoms with Crippen molar-refractivity contribution in [1.29, 1.82) is 0 Å². The zero-order chi connectivity index (χ0) is 25.9. The van der Waals surface area contributed by atoms with Gasteiger partial charge in [0.15, 0.2) is 11.9 Å². The van der Waals surface area contributed by atoms with Crippen molar-refractivity contribution in [2.75, 3.05) is 19.6 Å². The number of ketones is 1. The number of allylic oxidation sites excluding steroid dienone is 6. The molecule has 190 valence electrons. The molecule has 0 aromatic carbocycles. The van der Waals surface area contributed by atoms with E-state index in [0.29, 0.717) is 13.0 Å². The molecule has 0 radical (unpaired) electrons. The molecule has 1 aliphatic rings. The van der Waals surface area contributed by atoms with Crippen LogP contribution < -0.4 is 0 Å². The van der Waals surface area contributed by atoms with Crippen molar-refractivity contribution in [3.63, 3.8) is 0 Å². The minimum Gasteiger partial charge on any atom is -0.452 e. The van der Waals surface area contributed by atoms with Gasteiger partial charge >= 0.3 is 5.97 Å². The van der Waals surface area contributed by atoms with Gasteiger partial charge in [-0.25, -0.2) is 4.79 Å². The summed E-state index contributed by atoms with van der Waals surface area (Å²) in [5.41, 5.74) is 0.980. The van der Waals surface area contributed by atoms with Crippen LogP contribution in [0.5, 0.6) is 0 Å². The second kappa shape index (κ2) is 13.6. The van der Waals surface area contributed by atoms with Gasteiger partial charge in [0, 0.05) is 18.2 Å². The highest BCUT2D eigenvalue weighted by molar-refractivity contribution is 6.04. The molecule has 0 aromatic heterocycles. The van der Waals surface area contributed by atoms with Crippen LogP contribution in [0, 0.1) is 5.41 Å². The summed E-state index contributed by atoms with van der Waals surface area (Å²) in [6.45, 7) is 17.9. The monoisotopic (exact) mass is 471 g/mol. The Labute approximate surface area is 206 Å². The number of likely N-dealkylation sites (N-methyl/N-ethyl adjacent to an activating group) is 1. The summed E-state index contributed by atoms with van der Waals surface area (Å²) in [5, 5.41) is 11.2. The molecule has 0 heterocycles. The fourth-order valence-electron chi connectivity index (χ4n) is 3.75. The van der Waals surface area contributed by atoms with E-state index in [9.17, 15) is 14.7 Å². The third-order valence-corrected chi connectivity index (χ3v) is 6.16. The Hall–Kier alpha value is -2.24. The lowest BCUT2D eigenvalue weighted by Crippen LogP contribution is -2.39. The topological polar surface area (TPSA) is 66.8 Å². The normalized spacial score (nSPS) is 28.8. The molecule has 5 heteroatoms. The number of carbonyl (C=O) groups excluding carboxylic acids is 2. The third-order valence-electron chi connectivity index (χ3n) is 6.16. The average molecular weight is 472 g/mol. The third kappa shape index (κ3) is 10.4. The van der Waals surface area contributed by atoms with Gasteiger partial charge in [0.2, 0.25) is 0 Å². The fraction of sp³-hybridized carbons (Fsp3) is 0.586. The van der Waals surface area contributed by atoms with Gasteiger partial charge < -0.3 is 9.84 Å². The first-order valence-electron chi connectivity index (χ1n) is 12.4. The average Bonchev–Trinajstić information content (AvgIpc) is 2.75. The molecule has 0 aromatic rings. The van der Waals surface area contributed by atoms with E-state index >= 15 is 0 Å². The maximum Gasteiger partial charge on any atom is 0.331 e. The number of nitrogens with zero attached hydrogens (tertiary/aromatic N) is 1. The van der Waals surface area contributed by atoms with Crippen LogP contribution >= 0.6 is 0 Å². The fourth-order valence-corrected chi connectivity index (χ4v) is 3.75. The molecule has 5 nitrogen and oxygen atoms in total. The molecule has 1 rings (SSSR count). The molecule has 1 N–H and O–H groups in total. The molecule has 34 heavy (non-hydrogen) atoms. The highest BCUT2D eigenvalue weighted by Gasteiger charge is 2.33. The number of aliphatic hydroxyl groups is 1. The largest absolute Gasteiger partial charge is 0.452 e. The molecular weight excluding hydrogens is 426 g/mol. The van der Waals surface area contributed by atoms with Crippen LogP contribution in [0.15, 0.2) is 59.3 Å². The highest BCUT2D eigenvalue weighted by Crippen LogP contribution is 2.33. The summed E-state index contributed by atoms with van der Waals surface area (Å²) in [5.74, 6) is -0.647. The first-order valence-corrected chi connectivity index (χ1v) is 12.4. The summed E-state index contributed by atoms with van der Waals surface area (Å²) in [7, 11) is 0. The van der Waals surface area contributed by atoms with Crippen molar-refractivity contribution in [3.8, 4) is 0 Å². The zero-order valence-electron chi connectivity index (χ0n) is 22.5. The quantitative estimate of drug-likeness (QED) is 0.265. The van der Waals surface area contributed by atoms with E-state index in [0.717, 1.165) is 37.1 Å². The summed E-state index contributed by atoms with van der Waals surface area (Å²) in [6.07, 6.45) is 13.8. The number of hydrogen-bond donors (Lipinski definition) is 1. The van der Waals surface area contributed by atoms with Crippen molar-refractivity contribution >= 4 is 11.8 Å². The smallest absolute Gasteiger partial charge is 0.331 e. The first kappa shape index (κ1) is 29.8. The van der Waals surface area contributed by atoms with E-state index < -0.39 is 17.7 Å². The lowest BCUT2D eigenvalue weighted by atomic mass is 9.80. The maximum atomic E-state index is 13.1. The van der Waals surface area contributed by atoms with Crippen LogP contribution in [0.4, 0.5) is 0 Å². The minimum atomic E-state index is -1.54. The summed E-state index contributed by atoms with van der Waals surface area (Å²) < 4.78 is 5.64. The van der Waals surface area contributed by atoms with E-state index in [1.807, 2.05) is 26.0 Å². The Balaban J connectivity index is 3.47. The highest BCUT2D eigenvalue weighted by atomic mass is 16.6. The zero-order valence-corrected chi connectivity index (χ0v) is 22.5. The van der Waals surface area contributed by atoms with E-state index in [2.05, 4.69) is 45.6 Å². The molecule has 0 unspecified atom stereocenters. The number of hydrogen-bond acceptors (Lipinski definition) is 5. The predicted octanol–water partition coefficient (Wildman–Crippen LogP) is 5.72. The van der Waals surface area contributed by atoms with Crippen LogP contribution in [0.3, 0.4) is 0 Å². The lowest BCUT2D eigenvalue weighted by Gasteiger charge is -2.29. The Bertz CT molecular complexity index is 847. The molecular formula is C29H45NO4. The van der Waals surface area contributed by atoms with Crippen LogP contribution in [-0.2, 0) is 14.3 Å². The van der Waals surface area contributed by atoms with E-state index in [-0.39, 0.29) is 11.2 Å². The van der Waals surface area contributed by atoms with E-state index in [1.165, 1.54) is 23.8 Å². The van der Waals surface area contributed by atoms with E-state index in [4.69, 9.17) is 4.74 Å². The second-order valence-electron chi connectivity index (χ2n) is 10.2. The van der Waals surface area contributed by atoms with Crippen LogP contribution in [0.25, 0.3) is 0 Å². The molecule has 3 atom stereocenters. The number of carbonyl (C=O) groups is 2. The summed E-state index contributed by atoms with van der Waals surface area (Å²) in [4.78, 5) is 27.7. The van der Waals surface area contributed by atoms with Crippen LogP contribution in [0.2, 0.25) is 0 Å². The molecule has 0 saturated carbocycles. The standard InChI is InChI=1S/C29H45NO4/c1-9-30(10-2)21-24-13-17-28(7,16-11-12-22(3)4)18-15-26(34-27(32)20-23(5)6)29(8,33)19-14-25(24)31/h12-15,18-20,26,33H,9-11,16-17,21H2,1-8H3/b18-15+,19-14+,24-13-/t26-,28+,29-/m1/s1. The van der Waals surface area contributed by atoms with Crippen molar-refractivity contribution < 1.29 is 19.4 Å². The number of esters is 1. The van der Waals surface area contributed by atoms with Crippen molar-refractivity contribution in [2.45, 2.75) is 86.4 Å². The van der Waals surface area contributed by atoms with Crippen molar-refractivity contribution in [3.05, 3.63) is 59.3 Å². The van der Waals surface area contributed by atoms with Crippen molar-refractivity contribution in [2.24, 2.45) is 5.41 Å². The van der Waals surface area contributed by atoms with Gasteiger partial charge in [-0.05, 0) is 90.6 Å². The SMILES string of the molecule is CCN(CC)C/C1=C/C[C@](C)(CCC=C(C)C)/C=C/[C@@H](OC(=O)C=C(C)C)[C@](C)(O)/C=C/C1=O. The van der Waals surface area contributed by atoms with Gasteiger partial charge in [-0.2, -0.15) is 0 Å². The molecule has 0 bridgehead atoms.